The van der Waals surface area contributed by atoms with Crippen molar-refractivity contribution < 1.29 is 22.7 Å². The van der Waals surface area contributed by atoms with Gasteiger partial charge in [0, 0.05) is 18.3 Å². The molecular weight excluding hydrogens is 376 g/mol. The van der Waals surface area contributed by atoms with Crippen molar-refractivity contribution >= 4 is 27.3 Å². The molecule has 2 heterocycles. The van der Waals surface area contributed by atoms with E-state index in [0.717, 1.165) is 24.2 Å². The highest BCUT2D eigenvalue weighted by Gasteiger charge is 2.30. The maximum absolute atomic E-state index is 12.6. The van der Waals surface area contributed by atoms with Gasteiger partial charge in [0.15, 0.2) is 0 Å². The Kier molecular flexibility index (Phi) is 5.90. The van der Waals surface area contributed by atoms with Gasteiger partial charge < -0.3 is 9.47 Å². The second kappa shape index (κ2) is 8.15. The zero-order valence-electron chi connectivity index (χ0n) is 14.3. The molecule has 1 fully saturated rings. The Morgan fingerprint density at radius 3 is 2.65 bits per heavy atom. The molecule has 0 atom stereocenters. The highest BCUT2D eigenvalue weighted by Crippen LogP contribution is 2.26. The summed E-state index contributed by atoms with van der Waals surface area (Å²) in [6.07, 6.45) is 4.49. The van der Waals surface area contributed by atoms with Crippen molar-refractivity contribution in [3.63, 3.8) is 0 Å². The van der Waals surface area contributed by atoms with Gasteiger partial charge in [0.2, 0.25) is 15.9 Å². The van der Waals surface area contributed by atoms with Crippen LogP contribution in [0, 0.1) is 0 Å². The van der Waals surface area contributed by atoms with Crippen molar-refractivity contribution in [3.05, 3.63) is 40.7 Å². The molecule has 1 aliphatic rings. The zero-order valence-corrected chi connectivity index (χ0v) is 15.9. The Hall–Kier alpha value is -1.97. The number of ether oxygens (including phenoxy) is 2. The summed E-state index contributed by atoms with van der Waals surface area (Å²) in [7, 11) is -2.54. The Morgan fingerprint density at radius 2 is 2.00 bits per heavy atom. The first-order chi connectivity index (χ1) is 12.5. The van der Waals surface area contributed by atoms with Crippen molar-refractivity contribution in [1.29, 1.82) is 0 Å². The summed E-state index contributed by atoms with van der Waals surface area (Å²) in [4.78, 5) is 15.9. The molecule has 7 nitrogen and oxygen atoms in total. The molecule has 2 aromatic heterocycles. The monoisotopic (exact) mass is 396 g/mol. The summed E-state index contributed by atoms with van der Waals surface area (Å²) in [5.74, 6) is -0.0645. The number of rotatable bonds is 6. The molecule has 0 bridgehead atoms. The second-order valence-corrected chi connectivity index (χ2v) is 8.58. The van der Waals surface area contributed by atoms with E-state index >= 15 is 0 Å². The van der Waals surface area contributed by atoms with Crippen LogP contribution in [-0.4, -0.2) is 38.6 Å². The molecule has 26 heavy (non-hydrogen) atoms. The van der Waals surface area contributed by atoms with E-state index in [4.69, 9.17) is 4.74 Å². The lowest BCUT2D eigenvalue weighted by Crippen LogP contribution is -2.40. The lowest BCUT2D eigenvalue weighted by molar-refractivity contribution is 0.0602. The standard InChI is InChI=1S/C17H20N2O5S2/c1-23-17(20)16-14(9-11-25-16)26(21,22)19-12-5-7-13(8-6-12)24-15-4-2-3-10-18-15/h2-4,9-13,19H,5-8H2,1H3. The Labute approximate surface area is 156 Å². The van der Waals surface area contributed by atoms with Gasteiger partial charge >= 0.3 is 5.97 Å². The number of carbonyl (C=O) groups excluding carboxylic acids is 1. The topological polar surface area (TPSA) is 94.6 Å². The third-order valence-electron chi connectivity index (χ3n) is 4.21. The fourth-order valence-corrected chi connectivity index (χ4v) is 5.56. The number of pyridine rings is 1. The lowest BCUT2D eigenvalue weighted by atomic mass is 9.94. The summed E-state index contributed by atoms with van der Waals surface area (Å²) in [5.41, 5.74) is 0. The van der Waals surface area contributed by atoms with E-state index in [1.165, 1.54) is 13.2 Å². The maximum atomic E-state index is 12.6. The number of carbonyl (C=O) groups is 1. The maximum Gasteiger partial charge on any atom is 0.349 e. The van der Waals surface area contributed by atoms with E-state index in [9.17, 15) is 13.2 Å². The van der Waals surface area contributed by atoms with Crippen LogP contribution in [0.4, 0.5) is 0 Å². The van der Waals surface area contributed by atoms with Crippen molar-refractivity contribution in [2.24, 2.45) is 0 Å². The van der Waals surface area contributed by atoms with Gasteiger partial charge in [-0.05, 0) is 43.2 Å². The van der Waals surface area contributed by atoms with E-state index in [0.29, 0.717) is 18.7 Å². The molecule has 140 valence electrons. The van der Waals surface area contributed by atoms with Gasteiger partial charge in [0.05, 0.1) is 7.11 Å². The molecule has 1 saturated carbocycles. The first kappa shape index (κ1) is 18.8. The SMILES string of the molecule is COC(=O)c1sccc1S(=O)(=O)NC1CCC(Oc2ccccn2)CC1. The number of hydrogen-bond acceptors (Lipinski definition) is 7. The molecule has 1 N–H and O–H groups in total. The van der Waals surface area contributed by atoms with Crippen LogP contribution in [0.5, 0.6) is 5.88 Å². The molecule has 0 aliphatic heterocycles. The van der Waals surface area contributed by atoms with E-state index in [2.05, 4.69) is 14.4 Å². The summed E-state index contributed by atoms with van der Waals surface area (Å²) >= 11 is 1.05. The number of thiophene rings is 1. The number of methoxy groups -OCH3 is 1. The minimum atomic E-state index is -3.77. The predicted octanol–water partition coefficient (Wildman–Crippen LogP) is 2.60. The van der Waals surface area contributed by atoms with Gasteiger partial charge in [-0.25, -0.2) is 22.9 Å². The van der Waals surface area contributed by atoms with Crippen LogP contribution in [-0.2, 0) is 14.8 Å². The minimum absolute atomic E-state index is 0.0254. The van der Waals surface area contributed by atoms with Crippen LogP contribution in [0.15, 0.2) is 40.7 Å². The molecule has 0 unspecified atom stereocenters. The first-order valence-electron chi connectivity index (χ1n) is 8.25. The summed E-state index contributed by atoms with van der Waals surface area (Å²) in [6, 6.07) is 6.73. The molecular formula is C17H20N2O5S2. The smallest absolute Gasteiger partial charge is 0.349 e. The van der Waals surface area contributed by atoms with Crippen LogP contribution < -0.4 is 9.46 Å². The van der Waals surface area contributed by atoms with Gasteiger partial charge in [0.25, 0.3) is 0 Å². The van der Waals surface area contributed by atoms with E-state index in [1.54, 1.807) is 17.6 Å². The molecule has 0 radical (unpaired) electrons. The summed E-state index contributed by atoms with van der Waals surface area (Å²) in [5, 5.41) is 1.57. The summed E-state index contributed by atoms with van der Waals surface area (Å²) < 4.78 is 38.4. The second-order valence-electron chi connectivity index (χ2n) is 5.99. The number of aromatic nitrogens is 1. The third-order valence-corrected chi connectivity index (χ3v) is 6.80. The predicted molar refractivity (Wildman–Crippen MR) is 96.9 cm³/mol. The fraction of sp³-hybridized carbons (Fsp3) is 0.412. The van der Waals surface area contributed by atoms with Gasteiger partial charge in [-0.2, -0.15) is 0 Å². The van der Waals surface area contributed by atoms with Gasteiger partial charge in [-0.1, -0.05) is 6.07 Å². The first-order valence-corrected chi connectivity index (χ1v) is 10.6. The van der Waals surface area contributed by atoms with Crippen LogP contribution >= 0.6 is 11.3 Å². The molecule has 1 aliphatic carbocycles. The van der Waals surface area contributed by atoms with E-state index in [-0.39, 0.29) is 21.9 Å². The van der Waals surface area contributed by atoms with Gasteiger partial charge in [-0.3, -0.25) is 0 Å². The molecule has 0 saturated heterocycles. The molecule has 0 amide bonds. The molecule has 2 aromatic rings. The average molecular weight is 396 g/mol. The lowest BCUT2D eigenvalue weighted by Gasteiger charge is -2.29. The molecule has 0 aromatic carbocycles. The van der Waals surface area contributed by atoms with E-state index < -0.39 is 16.0 Å². The number of sulfonamides is 1. The van der Waals surface area contributed by atoms with Crippen LogP contribution in [0.1, 0.15) is 35.4 Å². The van der Waals surface area contributed by atoms with Gasteiger partial charge in [0.1, 0.15) is 15.9 Å². The fourth-order valence-electron chi connectivity index (χ4n) is 2.92. The average Bonchev–Trinajstić information content (AvgIpc) is 3.14. The molecule has 9 heteroatoms. The number of hydrogen-bond donors (Lipinski definition) is 1. The van der Waals surface area contributed by atoms with Crippen molar-refractivity contribution in [2.45, 2.75) is 42.7 Å². The quantitative estimate of drug-likeness (QED) is 0.754. The number of nitrogens with zero attached hydrogens (tertiary/aromatic N) is 1. The molecule has 0 spiro atoms. The van der Waals surface area contributed by atoms with Gasteiger partial charge in [-0.15, -0.1) is 11.3 Å². The van der Waals surface area contributed by atoms with Crippen LogP contribution in [0.2, 0.25) is 0 Å². The Balaban J connectivity index is 1.59. The number of esters is 1. The van der Waals surface area contributed by atoms with Crippen LogP contribution in [0.3, 0.4) is 0 Å². The third kappa shape index (κ3) is 4.40. The largest absolute Gasteiger partial charge is 0.474 e. The zero-order chi connectivity index (χ0) is 18.6. The Bertz CT molecular complexity index is 843. The normalized spacial score (nSPS) is 20.5. The Morgan fingerprint density at radius 1 is 1.23 bits per heavy atom. The van der Waals surface area contributed by atoms with E-state index in [1.807, 2.05) is 12.1 Å². The molecule has 3 rings (SSSR count). The number of nitrogens with one attached hydrogen (secondary N) is 1. The van der Waals surface area contributed by atoms with Crippen LogP contribution in [0.25, 0.3) is 0 Å². The highest BCUT2D eigenvalue weighted by atomic mass is 32.2. The highest BCUT2D eigenvalue weighted by molar-refractivity contribution is 7.89. The van der Waals surface area contributed by atoms with Crippen molar-refractivity contribution in [3.8, 4) is 5.88 Å². The summed E-state index contributed by atoms with van der Waals surface area (Å²) in [6.45, 7) is 0. The van der Waals surface area contributed by atoms with Crippen molar-refractivity contribution in [1.82, 2.24) is 9.71 Å². The van der Waals surface area contributed by atoms with Crippen molar-refractivity contribution in [2.75, 3.05) is 7.11 Å². The minimum Gasteiger partial charge on any atom is -0.474 e.